The number of para-hydroxylation sites is 1. The zero-order chi connectivity index (χ0) is 34.2. The molecule has 0 atom stereocenters. The van der Waals surface area contributed by atoms with Crippen molar-refractivity contribution in [1.29, 1.82) is 0 Å². The molecule has 0 aliphatic carbocycles. The van der Waals surface area contributed by atoms with E-state index in [0.29, 0.717) is 17.5 Å². The summed E-state index contributed by atoms with van der Waals surface area (Å²) in [7, 11) is 0. The molecule has 7 aromatic carbocycles. The van der Waals surface area contributed by atoms with Crippen LogP contribution in [0.25, 0.3) is 109 Å². The van der Waals surface area contributed by atoms with Crippen LogP contribution in [0.15, 0.2) is 162 Å². The standard InChI is InChI=1S/C46H26N4OS/c1-2-13-30-27(11-1)12-9-19-35(30)45-48-44(49-46(50-45)37-20-10-18-34-31-14-6-8-22-39(31)52-43(34)37)29-25-23-28(24-26-29)40-32-15-3-4-16-33(32)42-41(47-40)36-17-5-7-21-38(36)51-42/h1-26H. The Bertz CT molecular complexity index is 3190. The van der Waals surface area contributed by atoms with Gasteiger partial charge in [0.15, 0.2) is 23.1 Å². The minimum atomic E-state index is 0.617. The van der Waals surface area contributed by atoms with E-state index in [1.54, 1.807) is 11.3 Å². The molecule has 0 fully saturated rings. The molecular formula is C46H26N4OS. The van der Waals surface area contributed by atoms with Gasteiger partial charge in [0.2, 0.25) is 0 Å². The lowest BCUT2D eigenvalue weighted by Gasteiger charge is -2.11. The second-order valence-electron chi connectivity index (χ2n) is 13.0. The number of pyridine rings is 1. The second kappa shape index (κ2) is 11.4. The number of rotatable bonds is 4. The molecule has 0 bridgehead atoms. The third kappa shape index (κ3) is 4.48. The van der Waals surface area contributed by atoms with Crippen molar-refractivity contribution in [2.24, 2.45) is 0 Å². The van der Waals surface area contributed by atoms with Crippen LogP contribution < -0.4 is 0 Å². The molecule has 0 amide bonds. The predicted octanol–water partition coefficient (Wildman–Crippen LogP) is 12.5. The maximum absolute atomic E-state index is 6.32. The molecule has 0 aliphatic rings. The lowest BCUT2D eigenvalue weighted by Crippen LogP contribution is -2.00. The van der Waals surface area contributed by atoms with Crippen molar-refractivity contribution >= 4 is 75.1 Å². The van der Waals surface area contributed by atoms with Crippen molar-refractivity contribution in [2.75, 3.05) is 0 Å². The molecule has 0 radical (unpaired) electrons. The first kappa shape index (κ1) is 29.0. The molecule has 52 heavy (non-hydrogen) atoms. The average molecular weight is 683 g/mol. The SMILES string of the molecule is c1ccc2c(-c3nc(-c4ccc(-c5nc6c7ccccc7oc6c6ccccc56)cc4)nc(-c4cccc5c4sc4ccccc45)n3)cccc2c1. The van der Waals surface area contributed by atoms with E-state index >= 15 is 0 Å². The fraction of sp³-hybridized carbons (Fsp3) is 0. The monoisotopic (exact) mass is 682 g/mol. The van der Waals surface area contributed by atoms with Crippen LogP contribution in [0.4, 0.5) is 0 Å². The number of nitrogens with zero attached hydrogens (tertiary/aromatic N) is 4. The summed E-state index contributed by atoms with van der Waals surface area (Å²) in [6.45, 7) is 0. The van der Waals surface area contributed by atoms with Crippen molar-refractivity contribution in [3.05, 3.63) is 158 Å². The van der Waals surface area contributed by atoms with Crippen molar-refractivity contribution in [3.63, 3.8) is 0 Å². The Kier molecular flexibility index (Phi) is 6.35. The molecule has 6 heteroatoms. The molecule has 0 aliphatic heterocycles. The highest BCUT2D eigenvalue weighted by atomic mass is 32.1. The number of benzene rings is 7. The van der Waals surface area contributed by atoms with E-state index in [1.807, 2.05) is 24.3 Å². The second-order valence-corrected chi connectivity index (χ2v) is 14.0. The Morgan fingerprint density at radius 2 is 1.00 bits per heavy atom. The minimum absolute atomic E-state index is 0.617. The lowest BCUT2D eigenvalue weighted by atomic mass is 10.0. The largest absolute Gasteiger partial charge is 0.454 e. The van der Waals surface area contributed by atoms with Gasteiger partial charge in [0.05, 0.1) is 5.69 Å². The van der Waals surface area contributed by atoms with Crippen molar-refractivity contribution < 1.29 is 4.42 Å². The molecule has 242 valence electrons. The van der Waals surface area contributed by atoms with Gasteiger partial charge in [-0.2, -0.15) is 0 Å². The van der Waals surface area contributed by atoms with E-state index in [1.165, 1.54) is 20.2 Å². The number of fused-ring (bicyclic) bond motifs is 9. The first-order chi connectivity index (χ1) is 25.8. The summed E-state index contributed by atoms with van der Waals surface area (Å²) >= 11 is 1.78. The summed E-state index contributed by atoms with van der Waals surface area (Å²) in [5, 5.41) is 7.78. The quantitative estimate of drug-likeness (QED) is 0.185. The van der Waals surface area contributed by atoms with Gasteiger partial charge in [-0.25, -0.2) is 19.9 Å². The Labute approximate surface area is 301 Å². The van der Waals surface area contributed by atoms with Gasteiger partial charge >= 0.3 is 0 Å². The van der Waals surface area contributed by atoms with E-state index in [2.05, 4.69) is 133 Å². The van der Waals surface area contributed by atoms with E-state index in [4.69, 9.17) is 24.4 Å². The van der Waals surface area contributed by atoms with Crippen LogP contribution >= 0.6 is 11.3 Å². The van der Waals surface area contributed by atoms with Gasteiger partial charge in [0, 0.05) is 58.6 Å². The summed E-state index contributed by atoms with van der Waals surface area (Å²) < 4.78 is 8.72. The normalized spacial score (nSPS) is 11.8. The van der Waals surface area contributed by atoms with Crippen LogP contribution in [-0.4, -0.2) is 19.9 Å². The molecule has 5 nitrogen and oxygen atoms in total. The van der Waals surface area contributed by atoms with Gasteiger partial charge in [-0.05, 0) is 35.0 Å². The summed E-state index contributed by atoms with van der Waals surface area (Å²) in [5.74, 6) is 1.91. The maximum Gasteiger partial charge on any atom is 0.165 e. The van der Waals surface area contributed by atoms with Gasteiger partial charge < -0.3 is 4.42 Å². The van der Waals surface area contributed by atoms with Crippen LogP contribution in [0.5, 0.6) is 0 Å². The predicted molar refractivity (Wildman–Crippen MR) is 215 cm³/mol. The summed E-state index contributed by atoms with van der Waals surface area (Å²) in [6.07, 6.45) is 0. The molecule has 0 N–H and O–H groups in total. The molecule has 4 aromatic heterocycles. The Morgan fingerprint density at radius 3 is 1.87 bits per heavy atom. The van der Waals surface area contributed by atoms with E-state index in [0.717, 1.165) is 71.6 Å². The zero-order valence-corrected chi connectivity index (χ0v) is 28.4. The molecule has 11 aromatic rings. The van der Waals surface area contributed by atoms with Crippen LogP contribution in [-0.2, 0) is 0 Å². The summed E-state index contributed by atoms with van der Waals surface area (Å²) in [6, 6.07) is 54.5. The highest BCUT2D eigenvalue weighted by Gasteiger charge is 2.19. The fourth-order valence-electron chi connectivity index (χ4n) is 7.47. The molecule has 0 saturated carbocycles. The highest BCUT2D eigenvalue weighted by Crippen LogP contribution is 2.41. The average Bonchev–Trinajstić information content (AvgIpc) is 3.79. The molecule has 4 heterocycles. The third-order valence-corrected chi connectivity index (χ3v) is 11.2. The van der Waals surface area contributed by atoms with E-state index in [9.17, 15) is 0 Å². The first-order valence-corrected chi connectivity index (χ1v) is 18.0. The number of thiophene rings is 1. The lowest BCUT2D eigenvalue weighted by molar-refractivity contribution is 0.672. The first-order valence-electron chi connectivity index (χ1n) is 17.2. The molecule has 0 spiro atoms. The molecular weight excluding hydrogens is 657 g/mol. The van der Waals surface area contributed by atoms with Crippen molar-refractivity contribution in [1.82, 2.24) is 19.9 Å². The minimum Gasteiger partial charge on any atom is -0.454 e. The van der Waals surface area contributed by atoms with Crippen LogP contribution in [0, 0.1) is 0 Å². The number of hydrogen-bond donors (Lipinski definition) is 0. The van der Waals surface area contributed by atoms with Crippen molar-refractivity contribution in [2.45, 2.75) is 0 Å². The van der Waals surface area contributed by atoms with Crippen LogP contribution in [0.3, 0.4) is 0 Å². The van der Waals surface area contributed by atoms with Gasteiger partial charge in [-0.3, -0.25) is 0 Å². The van der Waals surface area contributed by atoms with Gasteiger partial charge in [0.1, 0.15) is 11.1 Å². The van der Waals surface area contributed by atoms with Crippen molar-refractivity contribution in [3.8, 4) is 45.4 Å². The van der Waals surface area contributed by atoms with E-state index < -0.39 is 0 Å². The summed E-state index contributed by atoms with van der Waals surface area (Å²) in [4.78, 5) is 20.7. The Balaban J connectivity index is 1.10. The van der Waals surface area contributed by atoms with Crippen LogP contribution in [0.2, 0.25) is 0 Å². The zero-order valence-electron chi connectivity index (χ0n) is 27.6. The van der Waals surface area contributed by atoms with E-state index in [-0.39, 0.29) is 0 Å². The third-order valence-electron chi connectivity index (χ3n) is 9.95. The highest BCUT2D eigenvalue weighted by molar-refractivity contribution is 7.26. The number of furan rings is 1. The Morgan fingerprint density at radius 1 is 0.404 bits per heavy atom. The van der Waals surface area contributed by atoms with Crippen LogP contribution in [0.1, 0.15) is 0 Å². The van der Waals surface area contributed by atoms with Gasteiger partial charge in [-0.1, -0.05) is 133 Å². The molecule has 11 rings (SSSR count). The van der Waals surface area contributed by atoms with Gasteiger partial charge in [0.25, 0.3) is 0 Å². The summed E-state index contributed by atoms with van der Waals surface area (Å²) in [5.41, 5.74) is 7.29. The smallest absolute Gasteiger partial charge is 0.165 e. The maximum atomic E-state index is 6.32. The number of hydrogen-bond acceptors (Lipinski definition) is 6. The molecule has 0 saturated heterocycles. The fourth-order valence-corrected chi connectivity index (χ4v) is 8.68. The molecule has 0 unspecified atom stereocenters. The number of aromatic nitrogens is 4. The Hall–Kier alpha value is -6.76. The topological polar surface area (TPSA) is 64.7 Å². The van der Waals surface area contributed by atoms with Gasteiger partial charge in [-0.15, -0.1) is 11.3 Å².